The molecule has 2 amide bonds. The van der Waals surface area contributed by atoms with E-state index in [1.165, 1.54) is 15.9 Å². The second-order valence-electron chi connectivity index (χ2n) is 5.29. The van der Waals surface area contributed by atoms with Gasteiger partial charge in [-0.2, -0.15) is 0 Å². The molecular weight excluding hydrogens is 387 g/mol. The maximum absolute atomic E-state index is 12.1. The van der Waals surface area contributed by atoms with E-state index in [-0.39, 0.29) is 17.7 Å². The number of aliphatic hydroxyl groups excluding tert-OH is 1. The number of β-amino-alcohol motifs (C(OH)–C–C–N with tert-alkyl or cyclic N) is 1. The number of benzene rings is 1. The molecule has 2 atom stereocenters. The van der Waals surface area contributed by atoms with E-state index in [9.17, 15) is 9.90 Å². The highest BCUT2D eigenvalue weighted by molar-refractivity contribution is 7.15. The summed E-state index contributed by atoms with van der Waals surface area (Å²) in [5, 5.41) is 19.7. The lowest BCUT2D eigenvalue weighted by Crippen LogP contribution is -2.34. The number of aliphatic hydroxyl groups is 1. The number of ether oxygens (including phenoxy) is 1. The second kappa shape index (κ2) is 7.17. The number of halogens is 2. The van der Waals surface area contributed by atoms with Crippen molar-refractivity contribution in [2.24, 2.45) is 0 Å². The lowest BCUT2D eigenvalue weighted by Gasteiger charge is -2.15. The first kappa shape index (κ1) is 17.9. The minimum Gasteiger partial charge on any atom is -0.477 e. The zero-order chi connectivity index (χ0) is 18.1. The molecule has 0 bridgehead atoms. The summed E-state index contributed by atoms with van der Waals surface area (Å²) in [6, 6.07) is 4.52. The van der Waals surface area contributed by atoms with Gasteiger partial charge in [-0.1, -0.05) is 41.1 Å². The van der Waals surface area contributed by atoms with Crippen LogP contribution >= 0.6 is 34.5 Å². The number of hydrogen-bond acceptors (Lipinski definition) is 6. The van der Waals surface area contributed by atoms with Crippen LogP contribution in [-0.2, 0) is 0 Å². The number of carbonyl (C=O) groups excluding carboxylic acids is 1. The van der Waals surface area contributed by atoms with Crippen molar-refractivity contribution < 1.29 is 14.6 Å². The molecule has 0 radical (unpaired) electrons. The lowest BCUT2D eigenvalue weighted by atomic mass is 10.3. The molecule has 2 aromatic rings. The number of urea groups is 1. The van der Waals surface area contributed by atoms with E-state index in [2.05, 4.69) is 16.8 Å². The Morgan fingerprint density at radius 2 is 2.24 bits per heavy atom. The number of rotatable bonds is 5. The molecule has 10 heteroatoms. The average Bonchev–Trinajstić information content (AvgIpc) is 3.13. The highest BCUT2D eigenvalue weighted by atomic mass is 35.5. The number of aromatic nitrogens is 2. The summed E-state index contributed by atoms with van der Waals surface area (Å²) in [5.41, 5.74) is 0. The van der Waals surface area contributed by atoms with Crippen LogP contribution in [-0.4, -0.2) is 46.1 Å². The molecule has 2 unspecified atom stereocenters. The number of amides is 2. The molecule has 132 valence electrons. The summed E-state index contributed by atoms with van der Waals surface area (Å²) in [5.74, 6) is 0.382. The van der Waals surface area contributed by atoms with Crippen LogP contribution in [0, 0.1) is 0 Å². The monoisotopic (exact) mass is 400 g/mol. The second-order valence-corrected chi connectivity index (χ2v) is 7.12. The van der Waals surface area contributed by atoms with E-state index in [4.69, 9.17) is 27.9 Å². The summed E-state index contributed by atoms with van der Waals surface area (Å²) in [6.45, 7) is 3.94. The maximum Gasteiger partial charge on any atom is 0.328 e. The molecule has 0 spiro atoms. The summed E-state index contributed by atoms with van der Waals surface area (Å²) < 4.78 is 5.81. The Bertz CT molecular complexity index is 816. The zero-order valence-electron chi connectivity index (χ0n) is 13.1. The van der Waals surface area contributed by atoms with Gasteiger partial charge in [0.25, 0.3) is 0 Å². The Kier molecular flexibility index (Phi) is 5.14. The van der Waals surface area contributed by atoms with Crippen molar-refractivity contribution in [1.82, 2.24) is 15.1 Å². The zero-order valence-corrected chi connectivity index (χ0v) is 15.4. The first-order valence-corrected chi connectivity index (χ1v) is 8.78. The number of nitrogens with zero attached hydrogens (tertiary/aromatic N) is 4. The number of anilines is 1. The smallest absolute Gasteiger partial charge is 0.328 e. The molecule has 1 aliphatic rings. The molecule has 1 saturated heterocycles. The van der Waals surface area contributed by atoms with E-state index < -0.39 is 12.3 Å². The third-order valence-electron chi connectivity index (χ3n) is 3.51. The number of hydrogen-bond donors (Lipinski definition) is 1. The van der Waals surface area contributed by atoms with Gasteiger partial charge in [-0.15, -0.1) is 10.2 Å². The summed E-state index contributed by atoms with van der Waals surface area (Å²) in [6.07, 6.45) is -0.0610. The normalized spacial score (nSPS) is 18.6. The summed E-state index contributed by atoms with van der Waals surface area (Å²) in [7, 11) is 1.60. The molecule has 7 nitrogen and oxygen atoms in total. The fourth-order valence-corrected chi connectivity index (χ4v) is 3.50. The minimum absolute atomic E-state index is 0.202. The highest BCUT2D eigenvalue weighted by Crippen LogP contribution is 2.35. The molecule has 25 heavy (non-hydrogen) atoms. The molecular formula is C15H14Cl2N4O3S. The molecule has 0 saturated carbocycles. The number of likely N-dealkylation sites (N-methyl/N-ethyl adjacent to an activating group) is 1. The van der Waals surface area contributed by atoms with Crippen LogP contribution in [0.3, 0.4) is 0 Å². The van der Waals surface area contributed by atoms with Crippen molar-refractivity contribution in [2.45, 2.75) is 12.3 Å². The van der Waals surface area contributed by atoms with Gasteiger partial charge in [-0.05, 0) is 18.2 Å². The van der Waals surface area contributed by atoms with Gasteiger partial charge in [0.2, 0.25) is 5.13 Å². The standard InChI is InChI=1S/C15H14Cl2N4O3S/c1-3-10(24-11-6-8(16)4-5-9(11)17)13-18-19-14(25-13)21-12(22)7-20(2)15(21)23/h3-6,10,12,22H,1,7H2,2H3. The quantitative estimate of drug-likeness (QED) is 0.778. The third kappa shape index (κ3) is 3.57. The van der Waals surface area contributed by atoms with E-state index in [1.807, 2.05) is 0 Å². The largest absolute Gasteiger partial charge is 0.477 e. The Labute approximate surface area is 158 Å². The predicted octanol–water partition coefficient (Wildman–Crippen LogP) is 3.34. The van der Waals surface area contributed by atoms with Crippen molar-refractivity contribution in [1.29, 1.82) is 0 Å². The fourth-order valence-electron chi connectivity index (χ4n) is 2.27. The van der Waals surface area contributed by atoms with Gasteiger partial charge in [0.05, 0.1) is 11.6 Å². The fraction of sp³-hybridized carbons (Fsp3) is 0.267. The molecule has 3 rings (SSSR count). The third-order valence-corrected chi connectivity index (χ3v) is 5.04. The van der Waals surface area contributed by atoms with E-state index in [1.54, 1.807) is 25.2 Å². The van der Waals surface area contributed by atoms with Crippen LogP contribution in [0.15, 0.2) is 30.9 Å². The van der Waals surface area contributed by atoms with Gasteiger partial charge >= 0.3 is 6.03 Å². The molecule has 1 N–H and O–H groups in total. The van der Waals surface area contributed by atoms with Gasteiger partial charge in [-0.25, -0.2) is 9.69 Å². The molecule has 1 aromatic heterocycles. The minimum atomic E-state index is -0.969. The van der Waals surface area contributed by atoms with Crippen molar-refractivity contribution in [3.63, 3.8) is 0 Å². The SMILES string of the molecule is C=CC(Oc1cc(Cl)ccc1Cl)c1nnc(N2C(=O)N(C)CC2O)s1. The van der Waals surface area contributed by atoms with Crippen molar-refractivity contribution in [3.8, 4) is 5.75 Å². The van der Waals surface area contributed by atoms with Gasteiger partial charge in [0.15, 0.2) is 17.3 Å². The topological polar surface area (TPSA) is 78.8 Å². The Hall–Kier alpha value is -1.87. The van der Waals surface area contributed by atoms with Gasteiger partial charge in [-0.3, -0.25) is 0 Å². The van der Waals surface area contributed by atoms with E-state index in [0.717, 1.165) is 11.3 Å². The van der Waals surface area contributed by atoms with Gasteiger partial charge in [0, 0.05) is 18.1 Å². The van der Waals surface area contributed by atoms with Crippen LogP contribution in [0.25, 0.3) is 0 Å². The van der Waals surface area contributed by atoms with E-state index in [0.29, 0.717) is 20.8 Å². The first-order chi connectivity index (χ1) is 11.9. The highest BCUT2D eigenvalue weighted by Gasteiger charge is 2.37. The Morgan fingerprint density at radius 3 is 2.88 bits per heavy atom. The van der Waals surface area contributed by atoms with Crippen LogP contribution in [0.5, 0.6) is 5.75 Å². The van der Waals surface area contributed by atoms with Crippen LogP contribution in [0.4, 0.5) is 9.93 Å². The van der Waals surface area contributed by atoms with Crippen LogP contribution in [0.2, 0.25) is 10.0 Å². The van der Waals surface area contributed by atoms with Crippen molar-refractivity contribution in [3.05, 3.63) is 45.9 Å². The van der Waals surface area contributed by atoms with Gasteiger partial charge in [0.1, 0.15) is 5.75 Å². The predicted molar refractivity (Wildman–Crippen MR) is 96.4 cm³/mol. The summed E-state index contributed by atoms with van der Waals surface area (Å²) >= 11 is 13.2. The Morgan fingerprint density at radius 1 is 1.48 bits per heavy atom. The molecule has 1 aliphatic heterocycles. The van der Waals surface area contributed by atoms with Crippen molar-refractivity contribution in [2.75, 3.05) is 18.5 Å². The van der Waals surface area contributed by atoms with E-state index >= 15 is 0 Å². The molecule has 2 heterocycles. The first-order valence-electron chi connectivity index (χ1n) is 7.20. The molecule has 1 fully saturated rings. The molecule has 1 aromatic carbocycles. The summed E-state index contributed by atoms with van der Waals surface area (Å²) in [4.78, 5) is 14.7. The maximum atomic E-state index is 12.1. The van der Waals surface area contributed by atoms with Crippen LogP contribution < -0.4 is 9.64 Å². The lowest BCUT2D eigenvalue weighted by molar-refractivity contribution is 0.183. The number of carbonyl (C=O) groups is 1. The van der Waals surface area contributed by atoms with Crippen LogP contribution in [0.1, 0.15) is 11.1 Å². The average molecular weight is 401 g/mol. The molecule has 0 aliphatic carbocycles. The van der Waals surface area contributed by atoms with Gasteiger partial charge < -0.3 is 14.7 Å². The Balaban J connectivity index is 1.83. The van der Waals surface area contributed by atoms with Crippen molar-refractivity contribution >= 4 is 45.7 Å².